The van der Waals surface area contributed by atoms with Gasteiger partial charge in [0, 0.05) is 20.6 Å². The summed E-state index contributed by atoms with van der Waals surface area (Å²) in [5, 5.41) is 2.77. The average Bonchev–Trinajstić information content (AvgIpc) is 2.28. The van der Waals surface area contributed by atoms with E-state index < -0.39 is 10.0 Å². The van der Waals surface area contributed by atoms with E-state index in [9.17, 15) is 8.42 Å². The Kier molecular flexibility index (Phi) is 5.24. The fourth-order valence-electron chi connectivity index (χ4n) is 1.12. The molecule has 10 heteroatoms. The highest BCUT2D eigenvalue weighted by molar-refractivity contribution is 7.89. The molecular formula is C9H18N6O3S. The fraction of sp³-hybridized carbons (Fsp3) is 0.667. The van der Waals surface area contributed by atoms with Gasteiger partial charge in [-0.1, -0.05) is 0 Å². The second-order valence-electron chi connectivity index (χ2n) is 3.76. The summed E-state index contributed by atoms with van der Waals surface area (Å²) >= 11 is 0. The molecule has 0 saturated carbocycles. The monoisotopic (exact) mass is 290 g/mol. The van der Waals surface area contributed by atoms with Crippen LogP contribution in [-0.4, -0.2) is 60.7 Å². The van der Waals surface area contributed by atoms with Crippen LogP contribution in [0.15, 0.2) is 0 Å². The van der Waals surface area contributed by atoms with Gasteiger partial charge in [-0.3, -0.25) is 0 Å². The van der Waals surface area contributed by atoms with Gasteiger partial charge >= 0.3 is 6.01 Å². The Balaban J connectivity index is 2.63. The summed E-state index contributed by atoms with van der Waals surface area (Å²) in [6, 6.07) is 0.105. The summed E-state index contributed by atoms with van der Waals surface area (Å²) < 4.78 is 29.3. The van der Waals surface area contributed by atoms with Crippen LogP contribution in [-0.2, 0) is 10.0 Å². The van der Waals surface area contributed by atoms with Gasteiger partial charge in [0.05, 0.1) is 12.4 Å². The van der Waals surface area contributed by atoms with Gasteiger partial charge in [0.15, 0.2) is 0 Å². The van der Waals surface area contributed by atoms with Crippen LogP contribution >= 0.6 is 0 Å². The zero-order chi connectivity index (χ0) is 14.5. The van der Waals surface area contributed by atoms with E-state index in [0.717, 1.165) is 4.31 Å². The number of aromatic nitrogens is 3. The smallest absolute Gasteiger partial charge is 0.323 e. The van der Waals surface area contributed by atoms with E-state index in [1.54, 1.807) is 6.92 Å². The second-order valence-corrected chi connectivity index (χ2v) is 6.06. The van der Waals surface area contributed by atoms with Crippen LogP contribution in [0.1, 0.15) is 6.92 Å². The third-order valence-electron chi connectivity index (χ3n) is 2.11. The molecular weight excluding hydrogens is 272 g/mol. The molecule has 19 heavy (non-hydrogen) atoms. The SMILES string of the molecule is CCOc1nc(N)nc(NCCS(=O)(=O)N(C)C)n1. The normalized spacial score (nSPS) is 11.6. The molecule has 1 rings (SSSR count). The van der Waals surface area contributed by atoms with Gasteiger partial charge in [-0.25, -0.2) is 12.7 Å². The first-order valence-corrected chi connectivity index (χ1v) is 7.24. The van der Waals surface area contributed by atoms with Gasteiger partial charge in [0.25, 0.3) is 0 Å². The van der Waals surface area contributed by atoms with E-state index in [4.69, 9.17) is 10.5 Å². The number of nitrogens with one attached hydrogen (secondary N) is 1. The highest BCUT2D eigenvalue weighted by Gasteiger charge is 2.13. The lowest BCUT2D eigenvalue weighted by atomic mass is 10.7. The average molecular weight is 290 g/mol. The van der Waals surface area contributed by atoms with Crippen molar-refractivity contribution in [2.24, 2.45) is 0 Å². The molecule has 0 aromatic carbocycles. The molecule has 0 atom stereocenters. The maximum atomic E-state index is 11.5. The van der Waals surface area contributed by atoms with Gasteiger partial charge in [0.1, 0.15) is 0 Å². The molecule has 0 fully saturated rings. The molecule has 0 aliphatic heterocycles. The first-order chi connectivity index (χ1) is 8.85. The number of anilines is 2. The summed E-state index contributed by atoms with van der Waals surface area (Å²) in [5.74, 6) is 0.122. The summed E-state index contributed by atoms with van der Waals surface area (Å²) in [5.41, 5.74) is 5.49. The molecule has 0 amide bonds. The van der Waals surface area contributed by atoms with Crippen molar-refractivity contribution < 1.29 is 13.2 Å². The van der Waals surface area contributed by atoms with Crippen LogP contribution in [0.4, 0.5) is 11.9 Å². The van der Waals surface area contributed by atoms with E-state index in [0.29, 0.717) is 6.61 Å². The summed E-state index contributed by atoms with van der Waals surface area (Å²) in [4.78, 5) is 11.6. The molecule has 1 heterocycles. The van der Waals surface area contributed by atoms with Gasteiger partial charge in [0.2, 0.25) is 21.9 Å². The Hall–Kier alpha value is -1.68. The quantitative estimate of drug-likeness (QED) is 0.666. The van der Waals surface area contributed by atoms with Gasteiger partial charge in [-0.2, -0.15) is 15.0 Å². The fourth-order valence-corrected chi connectivity index (χ4v) is 1.84. The number of nitrogen functional groups attached to an aromatic ring is 1. The highest BCUT2D eigenvalue weighted by Crippen LogP contribution is 2.08. The maximum Gasteiger partial charge on any atom is 0.323 e. The van der Waals surface area contributed by atoms with Crippen LogP contribution in [0, 0.1) is 0 Å². The molecule has 0 aliphatic rings. The number of ether oxygens (including phenoxy) is 1. The molecule has 3 N–H and O–H groups in total. The third-order valence-corrected chi connectivity index (χ3v) is 3.94. The van der Waals surface area contributed by atoms with Crippen molar-refractivity contribution in [1.82, 2.24) is 19.3 Å². The molecule has 1 aromatic rings. The lowest BCUT2D eigenvalue weighted by Crippen LogP contribution is -2.28. The number of hydrogen-bond donors (Lipinski definition) is 2. The van der Waals surface area contributed by atoms with E-state index in [2.05, 4.69) is 20.3 Å². The zero-order valence-electron chi connectivity index (χ0n) is 11.1. The second kappa shape index (κ2) is 6.48. The van der Waals surface area contributed by atoms with Crippen molar-refractivity contribution in [2.75, 3.05) is 44.1 Å². The first kappa shape index (κ1) is 15.4. The van der Waals surface area contributed by atoms with Crippen molar-refractivity contribution in [3.05, 3.63) is 0 Å². The Bertz CT molecular complexity index is 519. The van der Waals surface area contributed by atoms with Crippen LogP contribution < -0.4 is 15.8 Å². The summed E-state index contributed by atoms with van der Waals surface area (Å²) in [6.07, 6.45) is 0. The number of hydrogen-bond acceptors (Lipinski definition) is 8. The van der Waals surface area contributed by atoms with Crippen molar-refractivity contribution in [3.8, 4) is 6.01 Å². The minimum atomic E-state index is -3.26. The first-order valence-electron chi connectivity index (χ1n) is 5.63. The van der Waals surface area contributed by atoms with Crippen molar-refractivity contribution >= 4 is 21.9 Å². The molecule has 1 aromatic heterocycles. The number of nitrogens with two attached hydrogens (primary N) is 1. The summed E-state index contributed by atoms with van der Waals surface area (Å²) in [6.45, 7) is 2.35. The lowest BCUT2D eigenvalue weighted by Gasteiger charge is -2.11. The molecule has 0 bridgehead atoms. The molecule has 0 saturated heterocycles. The van der Waals surface area contributed by atoms with E-state index >= 15 is 0 Å². The molecule has 0 spiro atoms. The minimum Gasteiger partial charge on any atom is -0.464 e. The van der Waals surface area contributed by atoms with Gasteiger partial charge in [-0.05, 0) is 6.92 Å². The topological polar surface area (TPSA) is 123 Å². The molecule has 108 valence electrons. The van der Waals surface area contributed by atoms with Crippen LogP contribution in [0.3, 0.4) is 0 Å². The number of sulfonamides is 1. The zero-order valence-corrected chi connectivity index (χ0v) is 11.9. The van der Waals surface area contributed by atoms with Gasteiger partial charge in [-0.15, -0.1) is 0 Å². The summed E-state index contributed by atoms with van der Waals surface area (Å²) in [7, 11) is -0.310. The van der Waals surface area contributed by atoms with Crippen molar-refractivity contribution in [3.63, 3.8) is 0 Å². The number of rotatable bonds is 7. The Morgan fingerprint density at radius 3 is 2.58 bits per heavy atom. The van der Waals surface area contributed by atoms with E-state index in [1.165, 1.54) is 14.1 Å². The van der Waals surface area contributed by atoms with Gasteiger partial charge < -0.3 is 15.8 Å². The molecule has 0 unspecified atom stereocenters. The third kappa shape index (κ3) is 4.83. The Morgan fingerprint density at radius 1 is 1.32 bits per heavy atom. The van der Waals surface area contributed by atoms with Crippen LogP contribution in [0.25, 0.3) is 0 Å². The highest BCUT2D eigenvalue weighted by atomic mass is 32.2. The van der Waals surface area contributed by atoms with Crippen molar-refractivity contribution in [1.29, 1.82) is 0 Å². The van der Waals surface area contributed by atoms with E-state index in [1.807, 2.05) is 0 Å². The van der Waals surface area contributed by atoms with Crippen molar-refractivity contribution in [2.45, 2.75) is 6.92 Å². The Morgan fingerprint density at radius 2 is 2.00 bits per heavy atom. The van der Waals surface area contributed by atoms with Crippen LogP contribution in [0.2, 0.25) is 0 Å². The molecule has 0 aliphatic carbocycles. The number of nitrogens with zero attached hydrogens (tertiary/aromatic N) is 4. The minimum absolute atomic E-state index is 0.0106. The molecule has 0 radical (unpaired) electrons. The van der Waals surface area contributed by atoms with E-state index in [-0.39, 0.29) is 30.2 Å². The largest absolute Gasteiger partial charge is 0.464 e. The van der Waals surface area contributed by atoms with Crippen LogP contribution in [0.5, 0.6) is 6.01 Å². The predicted molar refractivity (Wildman–Crippen MR) is 71.4 cm³/mol. The standard InChI is InChI=1S/C9H18N6O3S/c1-4-18-9-13-7(10)12-8(14-9)11-5-6-19(16,17)15(2)3/h4-6H2,1-3H3,(H3,10,11,12,13,14). The Labute approximate surface area is 112 Å². The lowest BCUT2D eigenvalue weighted by molar-refractivity contribution is 0.312. The maximum absolute atomic E-state index is 11.5. The predicted octanol–water partition coefficient (Wildman–Crippen LogP) is -0.844. The molecule has 9 nitrogen and oxygen atoms in total.